The number of ether oxygens (including phenoxy) is 1. The molecule has 2 saturated heterocycles. The molecule has 11 nitrogen and oxygen atoms in total. The number of hydrogen-bond acceptors (Lipinski definition) is 9. The predicted molar refractivity (Wildman–Crippen MR) is 170 cm³/mol. The van der Waals surface area contributed by atoms with Gasteiger partial charge in [0.05, 0.1) is 25.4 Å². The minimum absolute atomic E-state index is 0.0452. The van der Waals surface area contributed by atoms with E-state index >= 15 is 0 Å². The van der Waals surface area contributed by atoms with Crippen molar-refractivity contribution in [3.8, 4) is 11.8 Å². The quantitative estimate of drug-likeness (QED) is 0.457. The van der Waals surface area contributed by atoms with Gasteiger partial charge in [0.2, 0.25) is 11.8 Å². The van der Waals surface area contributed by atoms with Crippen LogP contribution in [-0.2, 0) is 29.0 Å². The number of phenolic OH excluding ortho intramolecular Hbond substituents is 1. The Bertz CT molecular complexity index is 1450. The van der Waals surface area contributed by atoms with E-state index in [4.69, 9.17) is 14.7 Å². The minimum Gasteiger partial charge on any atom is -0.508 e. The standard InChI is InChI=1S/C33H43N7O4/c1-4-30(42)38-13-15-39(16-14-38)32-27-10-12-40(29-18-25(41)17-24-7-5-6-8-26(24)29)20-28(27)34-33(35-32)44-22-23-9-11-37(19-23)21-31(43)36(2)3/h4-5,7,17-18,23,41H,1,6,8-16,19-22H2,2-3H3. The average molecular weight is 602 g/mol. The molecule has 1 aromatic heterocycles. The highest BCUT2D eigenvalue weighted by molar-refractivity contribution is 5.87. The van der Waals surface area contributed by atoms with Crippen molar-refractivity contribution in [1.82, 2.24) is 24.7 Å². The molecule has 1 atom stereocenters. The molecular weight excluding hydrogens is 558 g/mol. The third-order valence-corrected chi connectivity index (χ3v) is 9.21. The number of carbonyl (C=O) groups excluding carboxylic acids is 2. The van der Waals surface area contributed by atoms with Crippen LogP contribution in [0, 0.1) is 5.92 Å². The second-order valence-corrected chi connectivity index (χ2v) is 12.4. The van der Waals surface area contributed by atoms with E-state index in [-0.39, 0.29) is 17.6 Å². The van der Waals surface area contributed by atoms with Gasteiger partial charge in [-0.15, -0.1) is 0 Å². The Morgan fingerprint density at radius 2 is 1.89 bits per heavy atom. The maximum Gasteiger partial charge on any atom is 0.318 e. The van der Waals surface area contributed by atoms with E-state index in [0.717, 1.165) is 73.6 Å². The molecule has 0 spiro atoms. The number of aromatic hydroxyl groups is 1. The van der Waals surface area contributed by atoms with Crippen LogP contribution in [0.4, 0.5) is 11.5 Å². The van der Waals surface area contributed by atoms with Crippen molar-refractivity contribution in [3.63, 3.8) is 0 Å². The lowest BCUT2D eigenvalue weighted by molar-refractivity contribution is -0.129. The van der Waals surface area contributed by atoms with Crippen molar-refractivity contribution >= 4 is 29.4 Å². The molecule has 1 aliphatic carbocycles. The zero-order chi connectivity index (χ0) is 30.8. The number of benzene rings is 1. The first kappa shape index (κ1) is 29.9. The summed E-state index contributed by atoms with van der Waals surface area (Å²) in [5, 5.41) is 10.5. The van der Waals surface area contributed by atoms with Crippen LogP contribution in [0.5, 0.6) is 11.8 Å². The van der Waals surface area contributed by atoms with Gasteiger partial charge in [-0.3, -0.25) is 14.5 Å². The van der Waals surface area contributed by atoms with E-state index in [1.807, 2.05) is 17.0 Å². The number of carbonyl (C=O) groups is 2. The highest BCUT2D eigenvalue weighted by Crippen LogP contribution is 2.37. The molecular formula is C33H43N7O4. The van der Waals surface area contributed by atoms with E-state index in [1.54, 1.807) is 19.0 Å². The van der Waals surface area contributed by atoms with Crippen LogP contribution in [-0.4, -0.2) is 115 Å². The number of amides is 2. The molecule has 44 heavy (non-hydrogen) atoms. The minimum atomic E-state index is -0.0452. The molecule has 0 radical (unpaired) electrons. The molecule has 0 saturated carbocycles. The summed E-state index contributed by atoms with van der Waals surface area (Å²) in [6, 6.07) is 4.09. The number of rotatable bonds is 8. The third kappa shape index (κ3) is 6.38. The number of piperazine rings is 1. The zero-order valence-electron chi connectivity index (χ0n) is 25.9. The summed E-state index contributed by atoms with van der Waals surface area (Å²) in [6.45, 7) is 10.2. The average Bonchev–Trinajstić information content (AvgIpc) is 3.49. The summed E-state index contributed by atoms with van der Waals surface area (Å²) in [5.41, 5.74) is 5.47. The Morgan fingerprint density at radius 3 is 2.66 bits per heavy atom. The molecule has 2 fully saturated rings. The van der Waals surface area contributed by atoms with Crippen LogP contribution in [0.3, 0.4) is 0 Å². The van der Waals surface area contributed by atoms with E-state index in [1.165, 1.54) is 11.6 Å². The summed E-state index contributed by atoms with van der Waals surface area (Å²) >= 11 is 0. The molecule has 0 bridgehead atoms. The van der Waals surface area contributed by atoms with E-state index in [9.17, 15) is 14.7 Å². The molecule has 3 aliphatic heterocycles. The molecule has 11 heteroatoms. The molecule has 1 aromatic carbocycles. The van der Waals surface area contributed by atoms with Crippen molar-refractivity contribution in [2.75, 3.05) is 82.9 Å². The molecule has 2 amide bonds. The first-order valence-electron chi connectivity index (χ1n) is 15.7. The number of aromatic nitrogens is 2. The van der Waals surface area contributed by atoms with Gasteiger partial charge in [0.1, 0.15) is 11.6 Å². The monoisotopic (exact) mass is 601 g/mol. The number of hydrogen-bond donors (Lipinski definition) is 1. The van der Waals surface area contributed by atoms with Gasteiger partial charge in [-0.25, -0.2) is 0 Å². The number of likely N-dealkylation sites (N-methyl/N-ethyl adjacent to an activating group) is 1. The molecule has 1 unspecified atom stereocenters. The summed E-state index contributed by atoms with van der Waals surface area (Å²) < 4.78 is 6.30. The van der Waals surface area contributed by atoms with Crippen LogP contribution in [0.25, 0.3) is 6.08 Å². The fraction of sp³-hybridized carbons (Fsp3) is 0.515. The SMILES string of the molecule is C=CC(=O)N1CCN(c2nc(OCC3CCN(CC(=O)N(C)C)C3)nc3c2CCN(c2cc(O)cc4c2CCC=C4)C3)CC1. The van der Waals surface area contributed by atoms with Gasteiger partial charge >= 0.3 is 6.01 Å². The molecule has 4 aliphatic rings. The number of allylic oxidation sites excluding steroid dienone is 1. The van der Waals surface area contributed by atoms with Crippen LogP contribution < -0.4 is 14.5 Å². The Hall–Kier alpha value is -4.12. The number of phenols is 1. The largest absolute Gasteiger partial charge is 0.508 e. The molecule has 234 valence electrons. The van der Waals surface area contributed by atoms with Gasteiger partial charge in [0.15, 0.2) is 0 Å². The Labute approximate surface area is 259 Å². The van der Waals surface area contributed by atoms with Crippen molar-refractivity contribution in [2.24, 2.45) is 5.92 Å². The second-order valence-electron chi connectivity index (χ2n) is 12.4. The van der Waals surface area contributed by atoms with Gasteiger partial charge in [0.25, 0.3) is 0 Å². The van der Waals surface area contributed by atoms with Crippen LogP contribution in [0.2, 0.25) is 0 Å². The van der Waals surface area contributed by atoms with Crippen molar-refractivity contribution in [3.05, 3.63) is 53.2 Å². The van der Waals surface area contributed by atoms with E-state index < -0.39 is 0 Å². The van der Waals surface area contributed by atoms with Gasteiger partial charge in [-0.1, -0.05) is 18.7 Å². The Kier molecular flexibility index (Phi) is 8.74. The first-order chi connectivity index (χ1) is 21.3. The number of likely N-dealkylation sites (tertiary alicyclic amines) is 1. The molecule has 2 aromatic rings. The molecule has 4 heterocycles. The maximum atomic E-state index is 12.2. The van der Waals surface area contributed by atoms with Crippen LogP contribution >= 0.6 is 0 Å². The smallest absolute Gasteiger partial charge is 0.318 e. The van der Waals surface area contributed by atoms with Gasteiger partial charge < -0.3 is 29.4 Å². The summed E-state index contributed by atoms with van der Waals surface area (Å²) in [7, 11) is 3.57. The lowest BCUT2D eigenvalue weighted by atomic mass is 9.93. The van der Waals surface area contributed by atoms with Crippen molar-refractivity contribution in [1.29, 1.82) is 0 Å². The normalized spacial score (nSPS) is 19.9. The maximum absolute atomic E-state index is 12.2. The molecule has 1 N–H and O–H groups in total. The van der Waals surface area contributed by atoms with Gasteiger partial charge in [0, 0.05) is 76.6 Å². The fourth-order valence-corrected chi connectivity index (χ4v) is 6.71. The van der Waals surface area contributed by atoms with E-state index in [0.29, 0.717) is 57.8 Å². The number of nitrogens with zero attached hydrogens (tertiary/aromatic N) is 7. The summed E-state index contributed by atoms with van der Waals surface area (Å²) in [4.78, 5) is 44.5. The lowest BCUT2D eigenvalue weighted by Crippen LogP contribution is -2.49. The van der Waals surface area contributed by atoms with E-state index in [2.05, 4.69) is 33.4 Å². The van der Waals surface area contributed by atoms with Crippen molar-refractivity contribution in [2.45, 2.75) is 32.2 Å². The Balaban J connectivity index is 1.23. The second kappa shape index (κ2) is 12.9. The first-order valence-corrected chi connectivity index (χ1v) is 15.7. The fourth-order valence-electron chi connectivity index (χ4n) is 6.71. The Morgan fingerprint density at radius 1 is 1.07 bits per heavy atom. The highest BCUT2D eigenvalue weighted by Gasteiger charge is 2.31. The summed E-state index contributed by atoms with van der Waals surface area (Å²) in [6.07, 6.45) is 9.30. The summed E-state index contributed by atoms with van der Waals surface area (Å²) in [5.74, 6) is 1.52. The topological polar surface area (TPSA) is 106 Å². The van der Waals surface area contributed by atoms with Crippen molar-refractivity contribution < 1.29 is 19.4 Å². The van der Waals surface area contributed by atoms with Crippen LogP contribution in [0.1, 0.15) is 35.2 Å². The van der Waals surface area contributed by atoms with Gasteiger partial charge in [-0.05, 0) is 55.5 Å². The third-order valence-electron chi connectivity index (χ3n) is 9.21. The lowest BCUT2D eigenvalue weighted by Gasteiger charge is -2.38. The highest BCUT2D eigenvalue weighted by atomic mass is 16.5. The molecule has 6 rings (SSSR count). The predicted octanol–water partition coefficient (Wildman–Crippen LogP) is 2.33. The van der Waals surface area contributed by atoms with Gasteiger partial charge in [-0.2, -0.15) is 9.97 Å². The number of anilines is 2. The van der Waals surface area contributed by atoms with Crippen LogP contribution in [0.15, 0.2) is 30.9 Å². The zero-order valence-corrected chi connectivity index (χ0v) is 25.9. The number of fused-ring (bicyclic) bond motifs is 2.